The first-order chi connectivity index (χ1) is 8.11. The fourth-order valence-electron chi connectivity index (χ4n) is 1.95. The van der Waals surface area contributed by atoms with E-state index in [2.05, 4.69) is 4.98 Å². The second-order valence-corrected chi connectivity index (χ2v) is 6.46. The molecule has 0 atom stereocenters. The van der Waals surface area contributed by atoms with Gasteiger partial charge in [0.1, 0.15) is 0 Å². The van der Waals surface area contributed by atoms with Crippen LogP contribution in [0.1, 0.15) is 12.1 Å². The highest BCUT2D eigenvalue weighted by atomic mass is 32.2. The summed E-state index contributed by atoms with van der Waals surface area (Å²) in [5.74, 6) is 0.464. The Kier molecular flexibility index (Phi) is 3.63. The molecule has 0 spiro atoms. The number of aliphatic hydroxyl groups excluding tert-OH is 1. The Hall–Kier alpha value is -1.14. The van der Waals surface area contributed by atoms with Gasteiger partial charge in [0.05, 0.1) is 23.8 Å². The molecule has 2 rings (SSSR count). The maximum Gasteiger partial charge on any atom is 0.152 e. The van der Waals surface area contributed by atoms with Gasteiger partial charge in [-0.2, -0.15) is 0 Å². The van der Waals surface area contributed by atoms with Gasteiger partial charge >= 0.3 is 0 Å². The maximum absolute atomic E-state index is 11.5. The van der Waals surface area contributed by atoms with E-state index in [0.29, 0.717) is 18.7 Å². The van der Waals surface area contributed by atoms with Crippen LogP contribution >= 0.6 is 0 Å². The van der Waals surface area contributed by atoms with Crippen LogP contribution in [-0.2, 0) is 16.4 Å². The van der Waals surface area contributed by atoms with Gasteiger partial charge in [-0.3, -0.25) is 4.98 Å². The number of rotatable bonds is 2. The van der Waals surface area contributed by atoms with Crippen molar-refractivity contribution in [2.75, 3.05) is 29.5 Å². The van der Waals surface area contributed by atoms with Crippen LogP contribution in [0.2, 0.25) is 0 Å². The topological polar surface area (TPSA) is 70.5 Å². The summed E-state index contributed by atoms with van der Waals surface area (Å²) < 4.78 is 23.0. The maximum atomic E-state index is 11.5. The molecule has 0 radical (unpaired) electrons. The fourth-order valence-corrected chi connectivity index (χ4v) is 3.22. The molecule has 0 aliphatic carbocycles. The Labute approximate surface area is 101 Å². The van der Waals surface area contributed by atoms with Gasteiger partial charge in [-0.05, 0) is 18.6 Å². The largest absolute Gasteiger partial charge is 0.390 e. The molecule has 5 nitrogen and oxygen atoms in total. The quantitative estimate of drug-likeness (QED) is 0.818. The summed E-state index contributed by atoms with van der Waals surface area (Å²) in [7, 11) is -2.88. The lowest BCUT2D eigenvalue weighted by Gasteiger charge is -2.22. The van der Waals surface area contributed by atoms with E-state index < -0.39 is 9.84 Å². The number of pyridine rings is 1. The van der Waals surface area contributed by atoms with Crippen molar-refractivity contribution in [3.8, 4) is 0 Å². The van der Waals surface area contributed by atoms with E-state index in [1.54, 1.807) is 12.3 Å². The summed E-state index contributed by atoms with van der Waals surface area (Å²) in [4.78, 5) is 6.04. The summed E-state index contributed by atoms with van der Waals surface area (Å²) in [5, 5.41) is 9.02. The van der Waals surface area contributed by atoms with E-state index in [9.17, 15) is 8.42 Å². The van der Waals surface area contributed by atoms with Gasteiger partial charge in [-0.15, -0.1) is 0 Å². The van der Waals surface area contributed by atoms with E-state index >= 15 is 0 Å². The lowest BCUT2D eigenvalue weighted by Crippen LogP contribution is -2.26. The third kappa shape index (κ3) is 3.17. The molecule has 0 saturated carbocycles. The highest BCUT2D eigenvalue weighted by molar-refractivity contribution is 7.91. The molecule has 1 aromatic heterocycles. The average Bonchev–Trinajstić information content (AvgIpc) is 2.50. The van der Waals surface area contributed by atoms with Crippen molar-refractivity contribution in [2.24, 2.45) is 0 Å². The molecule has 1 aliphatic heterocycles. The molecule has 0 aromatic carbocycles. The van der Waals surface area contributed by atoms with Crippen LogP contribution in [0.4, 0.5) is 5.69 Å². The minimum Gasteiger partial charge on any atom is -0.390 e. The van der Waals surface area contributed by atoms with Crippen LogP contribution in [0.3, 0.4) is 0 Å². The SMILES string of the molecule is O=S1(=O)CCCN(c2ccnc(CO)c2)CC1. The molecule has 2 heterocycles. The highest BCUT2D eigenvalue weighted by Crippen LogP contribution is 2.17. The first-order valence-corrected chi connectivity index (χ1v) is 7.44. The first-order valence-electron chi connectivity index (χ1n) is 5.62. The number of hydrogen-bond acceptors (Lipinski definition) is 5. The van der Waals surface area contributed by atoms with Crippen molar-refractivity contribution in [2.45, 2.75) is 13.0 Å². The Morgan fingerprint density at radius 1 is 1.35 bits per heavy atom. The van der Waals surface area contributed by atoms with Crippen LogP contribution in [0, 0.1) is 0 Å². The number of anilines is 1. The van der Waals surface area contributed by atoms with Gasteiger partial charge in [-0.1, -0.05) is 0 Å². The molecule has 6 heteroatoms. The Bertz CT molecular complexity index is 487. The summed E-state index contributed by atoms with van der Waals surface area (Å²) in [6, 6.07) is 3.65. The molecular formula is C11H16N2O3S. The molecule has 94 valence electrons. The molecule has 1 N–H and O–H groups in total. The number of sulfone groups is 1. The van der Waals surface area contributed by atoms with Crippen molar-refractivity contribution in [3.63, 3.8) is 0 Å². The molecule has 1 aliphatic rings. The van der Waals surface area contributed by atoms with Crippen LogP contribution in [0.15, 0.2) is 18.3 Å². The Balaban J connectivity index is 2.16. The van der Waals surface area contributed by atoms with E-state index in [0.717, 1.165) is 12.2 Å². The first kappa shape index (κ1) is 12.3. The smallest absolute Gasteiger partial charge is 0.152 e. The zero-order valence-electron chi connectivity index (χ0n) is 9.54. The van der Waals surface area contributed by atoms with E-state index in [4.69, 9.17) is 5.11 Å². The lowest BCUT2D eigenvalue weighted by atomic mass is 10.3. The zero-order chi connectivity index (χ0) is 12.3. The third-order valence-corrected chi connectivity index (χ3v) is 4.60. The van der Waals surface area contributed by atoms with Gasteiger partial charge in [0.2, 0.25) is 0 Å². The number of aromatic nitrogens is 1. The standard InChI is InChI=1S/C11H16N2O3S/c14-9-10-8-11(2-3-12-10)13-4-1-6-17(15,16)7-5-13/h2-3,8,14H,1,4-7,9H2. The van der Waals surface area contributed by atoms with Crippen molar-refractivity contribution >= 4 is 15.5 Å². The number of nitrogens with zero attached hydrogens (tertiary/aromatic N) is 2. The second kappa shape index (κ2) is 5.01. The van der Waals surface area contributed by atoms with E-state index in [-0.39, 0.29) is 18.1 Å². The molecule has 1 saturated heterocycles. The van der Waals surface area contributed by atoms with Crippen LogP contribution < -0.4 is 4.90 Å². The zero-order valence-corrected chi connectivity index (χ0v) is 10.4. The third-order valence-electron chi connectivity index (χ3n) is 2.88. The van der Waals surface area contributed by atoms with Crippen molar-refractivity contribution in [3.05, 3.63) is 24.0 Å². The fraction of sp³-hybridized carbons (Fsp3) is 0.545. The average molecular weight is 256 g/mol. The lowest BCUT2D eigenvalue weighted by molar-refractivity contribution is 0.277. The number of aliphatic hydroxyl groups is 1. The summed E-state index contributed by atoms with van der Waals surface area (Å²) in [5.41, 5.74) is 1.54. The Morgan fingerprint density at radius 3 is 2.94 bits per heavy atom. The van der Waals surface area contributed by atoms with Gasteiger partial charge in [0, 0.05) is 25.0 Å². The van der Waals surface area contributed by atoms with Crippen molar-refractivity contribution < 1.29 is 13.5 Å². The predicted octanol–water partition coefficient (Wildman–Crippen LogP) is 0.199. The van der Waals surface area contributed by atoms with Crippen molar-refractivity contribution in [1.29, 1.82) is 0 Å². The second-order valence-electron chi connectivity index (χ2n) is 4.16. The van der Waals surface area contributed by atoms with Crippen LogP contribution in [0.25, 0.3) is 0 Å². The van der Waals surface area contributed by atoms with Gasteiger partial charge < -0.3 is 10.0 Å². The van der Waals surface area contributed by atoms with Crippen LogP contribution in [0.5, 0.6) is 0 Å². The van der Waals surface area contributed by atoms with Gasteiger partial charge in [0.25, 0.3) is 0 Å². The molecule has 1 fully saturated rings. The molecule has 17 heavy (non-hydrogen) atoms. The molecule has 0 bridgehead atoms. The molecule has 1 aromatic rings. The minimum atomic E-state index is -2.88. The van der Waals surface area contributed by atoms with Crippen LogP contribution in [-0.4, -0.2) is 43.1 Å². The van der Waals surface area contributed by atoms with Gasteiger partial charge in [-0.25, -0.2) is 8.42 Å². The Morgan fingerprint density at radius 2 is 2.18 bits per heavy atom. The van der Waals surface area contributed by atoms with Gasteiger partial charge in [0.15, 0.2) is 9.84 Å². The highest BCUT2D eigenvalue weighted by Gasteiger charge is 2.19. The minimum absolute atomic E-state index is 0.0972. The normalized spacial score (nSPS) is 19.9. The number of hydrogen-bond donors (Lipinski definition) is 1. The molecule has 0 amide bonds. The summed E-state index contributed by atoms with van der Waals surface area (Å²) in [6.07, 6.45) is 2.29. The monoisotopic (exact) mass is 256 g/mol. The predicted molar refractivity (Wildman–Crippen MR) is 65.6 cm³/mol. The van der Waals surface area contributed by atoms with Crippen molar-refractivity contribution in [1.82, 2.24) is 4.98 Å². The molecule has 0 unspecified atom stereocenters. The summed E-state index contributed by atoms with van der Waals surface area (Å²) in [6.45, 7) is 1.14. The summed E-state index contributed by atoms with van der Waals surface area (Å²) >= 11 is 0. The molecular weight excluding hydrogens is 240 g/mol. The van der Waals surface area contributed by atoms with E-state index in [1.165, 1.54) is 0 Å². The van der Waals surface area contributed by atoms with E-state index in [1.807, 2.05) is 11.0 Å².